The molecule has 0 atom stereocenters. The number of rotatable bonds is 7. The monoisotopic (exact) mass is 257 g/mol. The smallest absolute Gasteiger partial charge is 0.272 e. The van der Waals surface area contributed by atoms with Crippen LogP contribution in [0.1, 0.15) is 50.0 Å². The number of aliphatic hydroxyl groups is 1. The molecule has 0 spiro atoms. The molecule has 17 heavy (non-hydrogen) atoms. The van der Waals surface area contributed by atoms with E-state index in [4.69, 9.17) is 0 Å². The Labute approximate surface area is 105 Å². The van der Waals surface area contributed by atoms with Crippen molar-refractivity contribution in [2.45, 2.75) is 45.1 Å². The molecule has 0 aromatic carbocycles. The lowest BCUT2D eigenvalue weighted by molar-refractivity contribution is 0.0212. The van der Waals surface area contributed by atoms with Gasteiger partial charge in [0.1, 0.15) is 0 Å². The molecule has 0 saturated carbocycles. The van der Waals surface area contributed by atoms with Crippen molar-refractivity contribution in [2.75, 3.05) is 6.54 Å². The molecule has 0 radical (unpaired) electrons. The van der Waals surface area contributed by atoms with Gasteiger partial charge in [-0.1, -0.05) is 31.2 Å². The van der Waals surface area contributed by atoms with Crippen molar-refractivity contribution in [3.8, 4) is 0 Å². The van der Waals surface area contributed by atoms with Crippen molar-refractivity contribution >= 4 is 17.4 Å². The fraction of sp³-hybridized carbons (Fsp3) is 0.727. The van der Waals surface area contributed by atoms with Gasteiger partial charge in [-0.3, -0.25) is 4.79 Å². The third-order valence-corrected chi connectivity index (χ3v) is 3.11. The predicted octanol–water partition coefficient (Wildman–Crippen LogP) is 1.60. The molecule has 5 nitrogen and oxygen atoms in total. The molecule has 1 amide bonds. The minimum Gasteiger partial charge on any atom is -0.388 e. The van der Waals surface area contributed by atoms with Gasteiger partial charge in [-0.25, -0.2) is 0 Å². The molecule has 2 N–H and O–H groups in total. The highest BCUT2D eigenvalue weighted by Gasteiger charge is 2.25. The summed E-state index contributed by atoms with van der Waals surface area (Å²) in [6.07, 6.45) is 3.17. The molecular weight excluding hydrogens is 238 g/mol. The Morgan fingerprint density at radius 1 is 1.47 bits per heavy atom. The number of hydrogen-bond donors (Lipinski definition) is 2. The van der Waals surface area contributed by atoms with Crippen molar-refractivity contribution in [3.63, 3.8) is 0 Å². The zero-order chi connectivity index (χ0) is 12.7. The van der Waals surface area contributed by atoms with Crippen LogP contribution in [0.25, 0.3) is 0 Å². The summed E-state index contributed by atoms with van der Waals surface area (Å²) in [7, 11) is 0. The summed E-state index contributed by atoms with van der Waals surface area (Å²) in [5.74, 6) is -0.274. The number of nitrogens with one attached hydrogen (secondary N) is 1. The minimum absolute atomic E-state index is 0.269. The fourth-order valence-corrected chi connectivity index (χ4v) is 2.27. The SMILES string of the molecule is CCCC(O)(CCC)CNC(=O)c1csnn1. The Kier molecular flexibility index (Phi) is 5.50. The second-order valence-corrected chi connectivity index (χ2v) is 4.81. The Morgan fingerprint density at radius 3 is 2.59 bits per heavy atom. The van der Waals surface area contributed by atoms with Crippen LogP contribution >= 0.6 is 11.5 Å². The first-order chi connectivity index (χ1) is 8.11. The van der Waals surface area contributed by atoms with Gasteiger partial charge in [0.2, 0.25) is 0 Å². The van der Waals surface area contributed by atoms with E-state index < -0.39 is 5.60 Å². The molecule has 1 aromatic heterocycles. The Bertz CT molecular complexity index is 334. The van der Waals surface area contributed by atoms with E-state index in [0.717, 1.165) is 24.4 Å². The van der Waals surface area contributed by atoms with E-state index in [0.29, 0.717) is 18.5 Å². The average Bonchev–Trinajstić information content (AvgIpc) is 2.80. The number of amides is 1. The molecular formula is C11H19N3O2S. The second-order valence-electron chi connectivity index (χ2n) is 4.20. The van der Waals surface area contributed by atoms with E-state index in [1.54, 1.807) is 5.38 Å². The van der Waals surface area contributed by atoms with E-state index in [2.05, 4.69) is 14.9 Å². The van der Waals surface area contributed by atoms with Gasteiger partial charge in [0.15, 0.2) is 5.69 Å². The second kappa shape index (κ2) is 6.66. The molecule has 0 bridgehead atoms. The van der Waals surface area contributed by atoms with E-state index in [9.17, 15) is 9.90 Å². The van der Waals surface area contributed by atoms with Crippen LogP contribution in [0.5, 0.6) is 0 Å². The number of nitrogens with zero attached hydrogens (tertiary/aromatic N) is 2. The van der Waals surface area contributed by atoms with Gasteiger partial charge in [0.05, 0.1) is 5.60 Å². The first-order valence-electron chi connectivity index (χ1n) is 5.89. The Balaban J connectivity index is 2.49. The van der Waals surface area contributed by atoms with Gasteiger partial charge in [-0.15, -0.1) is 5.10 Å². The molecule has 1 heterocycles. The van der Waals surface area contributed by atoms with Gasteiger partial charge in [-0.2, -0.15) is 0 Å². The molecule has 1 rings (SSSR count). The average molecular weight is 257 g/mol. The normalized spacial score (nSPS) is 11.5. The molecule has 0 unspecified atom stereocenters. The van der Waals surface area contributed by atoms with Crippen molar-refractivity contribution < 1.29 is 9.90 Å². The van der Waals surface area contributed by atoms with Gasteiger partial charge in [-0.05, 0) is 24.4 Å². The molecule has 6 heteroatoms. The van der Waals surface area contributed by atoms with Crippen LogP contribution in [-0.4, -0.2) is 32.7 Å². The summed E-state index contributed by atoms with van der Waals surface area (Å²) < 4.78 is 3.63. The molecule has 0 fully saturated rings. The fourth-order valence-electron chi connectivity index (χ4n) is 1.83. The van der Waals surface area contributed by atoms with Gasteiger partial charge in [0, 0.05) is 11.9 Å². The minimum atomic E-state index is -0.803. The third kappa shape index (κ3) is 4.40. The van der Waals surface area contributed by atoms with Crippen molar-refractivity contribution in [1.82, 2.24) is 14.9 Å². The lowest BCUT2D eigenvalue weighted by Crippen LogP contribution is -2.42. The number of carbonyl (C=O) groups is 1. The highest BCUT2D eigenvalue weighted by molar-refractivity contribution is 7.03. The highest BCUT2D eigenvalue weighted by atomic mass is 32.1. The molecule has 0 aliphatic heterocycles. The van der Waals surface area contributed by atoms with Gasteiger partial charge in [0.25, 0.3) is 5.91 Å². The first kappa shape index (κ1) is 14.1. The first-order valence-corrected chi connectivity index (χ1v) is 6.72. The summed E-state index contributed by atoms with van der Waals surface area (Å²) >= 11 is 1.14. The number of hydrogen-bond acceptors (Lipinski definition) is 5. The van der Waals surface area contributed by atoms with E-state index in [1.807, 2.05) is 13.8 Å². The van der Waals surface area contributed by atoms with Crippen LogP contribution in [0.15, 0.2) is 5.38 Å². The topological polar surface area (TPSA) is 75.1 Å². The van der Waals surface area contributed by atoms with Gasteiger partial charge >= 0.3 is 0 Å². The van der Waals surface area contributed by atoms with Crippen LogP contribution < -0.4 is 5.32 Å². The van der Waals surface area contributed by atoms with Crippen molar-refractivity contribution in [3.05, 3.63) is 11.1 Å². The number of aromatic nitrogens is 2. The van der Waals surface area contributed by atoms with E-state index >= 15 is 0 Å². The highest BCUT2D eigenvalue weighted by Crippen LogP contribution is 2.18. The molecule has 0 saturated heterocycles. The zero-order valence-electron chi connectivity index (χ0n) is 10.3. The lowest BCUT2D eigenvalue weighted by atomic mass is 9.92. The Morgan fingerprint density at radius 2 is 2.12 bits per heavy atom. The zero-order valence-corrected chi connectivity index (χ0v) is 11.1. The standard InChI is InChI=1S/C11H19N3O2S/c1-3-5-11(16,6-4-2)8-12-10(15)9-7-17-14-13-9/h7,16H,3-6,8H2,1-2H3,(H,12,15). The maximum absolute atomic E-state index is 11.6. The summed E-state index contributed by atoms with van der Waals surface area (Å²) in [6.45, 7) is 4.31. The third-order valence-electron chi connectivity index (χ3n) is 2.60. The van der Waals surface area contributed by atoms with E-state index in [1.165, 1.54) is 0 Å². The quantitative estimate of drug-likeness (QED) is 0.778. The van der Waals surface area contributed by atoms with Crippen molar-refractivity contribution in [2.24, 2.45) is 0 Å². The Hall–Kier alpha value is -1.01. The summed E-state index contributed by atoms with van der Waals surface area (Å²) in [5.41, 5.74) is -0.492. The molecule has 0 aliphatic rings. The molecule has 0 aliphatic carbocycles. The van der Waals surface area contributed by atoms with E-state index in [-0.39, 0.29) is 12.5 Å². The number of carbonyl (C=O) groups excluding carboxylic acids is 1. The molecule has 1 aromatic rings. The largest absolute Gasteiger partial charge is 0.388 e. The maximum Gasteiger partial charge on any atom is 0.272 e. The summed E-state index contributed by atoms with van der Waals surface area (Å²) in [4.78, 5) is 11.6. The lowest BCUT2D eigenvalue weighted by Gasteiger charge is -2.27. The molecule has 96 valence electrons. The van der Waals surface area contributed by atoms with Crippen LogP contribution in [0, 0.1) is 0 Å². The van der Waals surface area contributed by atoms with Gasteiger partial charge < -0.3 is 10.4 Å². The van der Waals surface area contributed by atoms with Crippen LogP contribution in [-0.2, 0) is 0 Å². The summed E-state index contributed by atoms with van der Waals surface area (Å²) in [6, 6.07) is 0. The van der Waals surface area contributed by atoms with Crippen LogP contribution in [0.4, 0.5) is 0 Å². The van der Waals surface area contributed by atoms with Crippen molar-refractivity contribution in [1.29, 1.82) is 0 Å². The maximum atomic E-state index is 11.6. The predicted molar refractivity (Wildman–Crippen MR) is 67.0 cm³/mol. The van der Waals surface area contributed by atoms with Crippen LogP contribution in [0.3, 0.4) is 0 Å². The summed E-state index contributed by atoms with van der Waals surface area (Å²) in [5, 5.41) is 18.3. The van der Waals surface area contributed by atoms with Crippen LogP contribution in [0.2, 0.25) is 0 Å².